The lowest BCUT2D eigenvalue weighted by Gasteiger charge is -2.22. The molecule has 12 heavy (non-hydrogen) atoms. The Morgan fingerprint density at radius 3 is 3.00 bits per heavy atom. The molecule has 1 heterocycles. The number of hydrogen-bond donors (Lipinski definition) is 1. The molecule has 0 aliphatic carbocycles. The summed E-state index contributed by atoms with van der Waals surface area (Å²) >= 11 is 0. The van der Waals surface area contributed by atoms with Crippen LogP contribution in [0.15, 0.2) is 0 Å². The molecule has 1 aliphatic heterocycles. The first-order chi connectivity index (χ1) is 5.79. The first kappa shape index (κ1) is 9.96. The summed E-state index contributed by atoms with van der Waals surface area (Å²) < 4.78 is 10.7. The molecule has 1 saturated heterocycles. The van der Waals surface area contributed by atoms with E-state index in [-0.39, 0.29) is 12.2 Å². The van der Waals surface area contributed by atoms with Gasteiger partial charge >= 0.3 is 0 Å². The predicted molar refractivity (Wildman–Crippen MR) is 46.1 cm³/mol. The Morgan fingerprint density at radius 1 is 1.58 bits per heavy atom. The minimum Gasteiger partial charge on any atom is -0.391 e. The molecule has 1 fully saturated rings. The maximum Gasteiger partial charge on any atom is 0.0808 e. The van der Waals surface area contributed by atoms with Crippen LogP contribution in [0.1, 0.15) is 26.2 Å². The van der Waals surface area contributed by atoms with Crippen molar-refractivity contribution < 1.29 is 14.6 Å². The van der Waals surface area contributed by atoms with Gasteiger partial charge in [-0.05, 0) is 26.2 Å². The Morgan fingerprint density at radius 2 is 2.42 bits per heavy atom. The highest BCUT2D eigenvalue weighted by Crippen LogP contribution is 2.12. The minimum atomic E-state index is -0.367. The minimum absolute atomic E-state index is 0.262. The highest BCUT2D eigenvalue weighted by molar-refractivity contribution is 4.62. The van der Waals surface area contributed by atoms with Crippen molar-refractivity contribution in [1.82, 2.24) is 0 Å². The average molecular weight is 174 g/mol. The van der Waals surface area contributed by atoms with Crippen molar-refractivity contribution in [1.29, 1.82) is 0 Å². The smallest absolute Gasteiger partial charge is 0.0808 e. The van der Waals surface area contributed by atoms with Crippen LogP contribution in [0.2, 0.25) is 0 Å². The number of rotatable bonds is 4. The van der Waals surface area contributed by atoms with Crippen LogP contribution in [-0.2, 0) is 9.47 Å². The largest absolute Gasteiger partial charge is 0.391 e. The van der Waals surface area contributed by atoms with Gasteiger partial charge < -0.3 is 14.6 Å². The molecule has 72 valence electrons. The van der Waals surface area contributed by atoms with Gasteiger partial charge in [-0.2, -0.15) is 0 Å². The van der Waals surface area contributed by atoms with E-state index < -0.39 is 0 Å². The summed E-state index contributed by atoms with van der Waals surface area (Å²) in [6, 6.07) is 0. The lowest BCUT2D eigenvalue weighted by molar-refractivity contribution is -0.0547. The van der Waals surface area contributed by atoms with Gasteiger partial charge in [0.2, 0.25) is 0 Å². The summed E-state index contributed by atoms with van der Waals surface area (Å²) in [4.78, 5) is 0. The van der Waals surface area contributed by atoms with Gasteiger partial charge in [0.1, 0.15) is 0 Å². The quantitative estimate of drug-likeness (QED) is 0.689. The normalized spacial score (nSPS) is 27.0. The van der Waals surface area contributed by atoms with Gasteiger partial charge in [-0.3, -0.25) is 0 Å². The van der Waals surface area contributed by atoms with Crippen molar-refractivity contribution in [2.45, 2.75) is 38.4 Å². The average Bonchev–Trinajstić information content (AvgIpc) is 2.05. The van der Waals surface area contributed by atoms with E-state index in [9.17, 15) is 0 Å². The van der Waals surface area contributed by atoms with E-state index in [0.717, 1.165) is 13.0 Å². The Hall–Kier alpha value is -0.120. The second-order valence-electron chi connectivity index (χ2n) is 3.38. The van der Waals surface area contributed by atoms with Gasteiger partial charge in [0.15, 0.2) is 0 Å². The van der Waals surface area contributed by atoms with Crippen LogP contribution < -0.4 is 0 Å². The highest BCUT2D eigenvalue weighted by atomic mass is 16.5. The van der Waals surface area contributed by atoms with E-state index in [1.165, 1.54) is 12.8 Å². The van der Waals surface area contributed by atoms with Crippen molar-refractivity contribution in [2.75, 3.05) is 19.8 Å². The molecule has 0 aromatic carbocycles. The molecule has 0 saturated carbocycles. The molecule has 0 radical (unpaired) electrons. The molecule has 3 nitrogen and oxygen atoms in total. The predicted octanol–water partition coefficient (Wildman–Crippen LogP) is 0.953. The Bertz CT molecular complexity index is 108. The van der Waals surface area contributed by atoms with E-state index in [2.05, 4.69) is 0 Å². The molecule has 0 aromatic rings. The zero-order chi connectivity index (χ0) is 8.81. The topological polar surface area (TPSA) is 38.7 Å². The highest BCUT2D eigenvalue weighted by Gasteiger charge is 2.13. The molecule has 0 amide bonds. The third-order valence-corrected chi connectivity index (χ3v) is 1.94. The van der Waals surface area contributed by atoms with Crippen LogP contribution in [0.25, 0.3) is 0 Å². The maximum absolute atomic E-state index is 8.92. The number of aliphatic hydroxyl groups excluding tert-OH is 1. The van der Waals surface area contributed by atoms with E-state index >= 15 is 0 Å². The van der Waals surface area contributed by atoms with Gasteiger partial charge in [-0.1, -0.05) is 0 Å². The van der Waals surface area contributed by atoms with E-state index in [1.807, 2.05) is 0 Å². The molecule has 0 aromatic heterocycles. The van der Waals surface area contributed by atoms with Crippen LogP contribution in [0.4, 0.5) is 0 Å². The van der Waals surface area contributed by atoms with Crippen LogP contribution in [0.3, 0.4) is 0 Å². The lowest BCUT2D eigenvalue weighted by Crippen LogP contribution is -2.26. The summed E-state index contributed by atoms with van der Waals surface area (Å²) in [5.74, 6) is 0. The van der Waals surface area contributed by atoms with Crippen molar-refractivity contribution in [2.24, 2.45) is 0 Å². The summed E-state index contributed by atoms with van der Waals surface area (Å²) in [5, 5.41) is 8.92. The van der Waals surface area contributed by atoms with Gasteiger partial charge in [0, 0.05) is 6.61 Å². The van der Waals surface area contributed by atoms with Crippen molar-refractivity contribution in [3.05, 3.63) is 0 Å². The van der Waals surface area contributed by atoms with Gasteiger partial charge in [0.25, 0.3) is 0 Å². The molecule has 0 bridgehead atoms. The third-order valence-electron chi connectivity index (χ3n) is 1.94. The molecule has 1 rings (SSSR count). The standard InChI is InChI=1S/C9H18O3/c1-8(10)6-11-7-9-4-2-3-5-12-9/h8-10H,2-7H2,1H3/t8-,9?/m1/s1. The van der Waals surface area contributed by atoms with E-state index in [4.69, 9.17) is 14.6 Å². The van der Waals surface area contributed by atoms with Crippen LogP contribution in [0.5, 0.6) is 0 Å². The van der Waals surface area contributed by atoms with Gasteiger partial charge in [-0.15, -0.1) is 0 Å². The monoisotopic (exact) mass is 174 g/mol. The fourth-order valence-corrected chi connectivity index (χ4v) is 1.31. The number of aliphatic hydroxyl groups is 1. The maximum atomic E-state index is 8.92. The lowest BCUT2D eigenvalue weighted by atomic mass is 10.1. The summed E-state index contributed by atoms with van der Waals surface area (Å²) in [5.41, 5.74) is 0. The third kappa shape index (κ3) is 4.04. The summed E-state index contributed by atoms with van der Waals surface area (Å²) in [7, 11) is 0. The molecular weight excluding hydrogens is 156 g/mol. The summed E-state index contributed by atoms with van der Waals surface area (Å²) in [6.45, 7) is 3.63. The van der Waals surface area contributed by atoms with Crippen LogP contribution in [-0.4, -0.2) is 37.1 Å². The first-order valence-corrected chi connectivity index (χ1v) is 4.66. The molecule has 3 heteroatoms. The molecule has 1 aliphatic rings. The molecular formula is C9H18O3. The zero-order valence-electron chi connectivity index (χ0n) is 7.66. The van der Waals surface area contributed by atoms with Gasteiger partial charge in [-0.25, -0.2) is 0 Å². The molecule has 0 spiro atoms. The first-order valence-electron chi connectivity index (χ1n) is 4.66. The summed E-state index contributed by atoms with van der Waals surface area (Å²) in [6.07, 6.45) is 3.40. The number of ether oxygens (including phenoxy) is 2. The fraction of sp³-hybridized carbons (Fsp3) is 1.00. The van der Waals surface area contributed by atoms with Crippen LogP contribution in [0, 0.1) is 0 Å². The SMILES string of the molecule is C[C@@H](O)COCC1CCCCO1. The second-order valence-corrected chi connectivity index (χ2v) is 3.38. The van der Waals surface area contributed by atoms with Crippen molar-refractivity contribution in [3.8, 4) is 0 Å². The van der Waals surface area contributed by atoms with Crippen molar-refractivity contribution in [3.63, 3.8) is 0 Å². The Labute approximate surface area is 73.7 Å². The molecule has 1 unspecified atom stereocenters. The van der Waals surface area contributed by atoms with Crippen molar-refractivity contribution >= 4 is 0 Å². The van der Waals surface area contributed by atoms with E-state index in [0.29, 0.717) is 13.2 Å². The zero-order valence-corrected chi connectivity index (χ0v) is 7.66. The number of hydrogen-bond acceptors (Lipinski definition) is 3. The second kappa shape index (κ2) is 5.51. The molecule has 2 atom stereocenters. The fourth-order valence-electron chi connectivity index (χ4n) is 1.31. The Balaban J connectivity index is 1.98. The Kier molecular flexibility index (Phi) is 4.58. The van der Waals surface area contributed by atoms with Crippen LogP contribution >= 0.6 is 0 Å². The van der Waals surface area contributed by atoms with E-state index in [1.54, 1.807) is 6.92 Å². The molecule has 1 N–H and O–H groups in total. The van der Waals surface area contributed by atoms with Gasteiger partial charge in [0.05, 0.1) is 25.4 Å².